The quantitative estimate of drug-likeness (QED) is 0.311. The Morgan fingerprint density at radius 3 is 0.867 bits per heavy atom. The van der Waals surface area contributed by atoms with Gasteiger partial charge in [-0.25, -0.2) is 0 Å². The fourth-order valence-electron chi connectivity index (χ4n) is 0. The van der Waals surface area contributed by atoms with E-state index in [4.69, 9.17) is 10.2 Å². The molecular formula is C4H26N6O4Zn+6. The predicted octanol–water partition coefficient (Wildman–Crippen LogP) is -0.438. The normalized spacial score (nSPS) is 4.93. The first-order chi connectivity index (χ1) is 4.54. The fraction of sp³-hybridized carbons (Fsp3) is 0.500. The van der Waals surface area contributed by atoms with E-state index in [2.05, 4.69) is 11.5 Å². The molecule has 0 aromatic rings. The van der Waals surface area contributed by atoms with E-state index in [1.165, 1.54) is 0 Å². The monoisotopic (exact) mass is 286 g/mol. The molecule has 0 rings (SSSR count). The minimum absolute atomic E-state index is 0. The molecule has 0 spiro atoms. The second-order valence-corrected chi connectivity index (χ2v) is 1.20. The number of aliphatic carboxylic acids is 2. The number of carboxylic acids is 2. The summed E-state index contributed by atoms with van der Waals surface area (Å²) in [6, 6.07) is 0. The van der Waals surface area contributed by atoms with Gasteiger partial charge >= 0.3 is 31.4 Å². The van der Waals surface area contributed by atoms with Crippen molar-refractivity contribution in [3.8, 4) is 0 Å². The summed E-state index contributed by atoms with van der Waals surface area (Å²) in [7, 11) is 0. The molecule has 10 nitrogen and oxygen atoms in total. The summed E-state index contributed by atoms with van der Waals surface area (Å²) < 4.78 is 0. The van der Waals surface area contributed by atoms with Crippen LogP contribution in [0.25, 0.3) is 0 Å². The molecule has 0 atom stereocenters. The Balaban J connectivity index is -0.0000000128. The molecule has 0 aliphatic rings. The van der Waals surface area contributed by atoms with Crippen molar-refractivity contribution in [1.82, 2.24) is 24.6 Å². The van der Waals surface area contributed by atoms with E-state index < -0.39 is 11.9 Å². The summed E-state index contributed by atoms with van der Waals surface area (Å²) in [4.78, 5) is 18.5. The van der Waals surface area contributed by atoms with Gasteiger partial charge in [-0.2, -0.15) is 0 Å². The largest absolute Gasteiger partial charge is 2.00 e. The van der Waals surface area contributed by atoms with E-state index in [0.29, 0.717) is 0 Å². The molecule has 0 aromatic carbocycles. The van der Waals surface area contributed by atoms with E-state index in [0.717, 1.165) is 0 Å². The Kier molecular flexibility index (Phi) is 119. The first-order valence-electron chi connectivity index (χ1n) is 2.38. The number of hydrogen-bond acceptors (Lipinski definition) is 4. The van der Waals surface area contributed by atoms with Gasteiger partial charge in [-0.1, -0.05) is 0 Å². The van der Waals surface area contributed by atoms with Gasteiger partial charge in [-0.3, -0.25) is 9.59 Å². The molecule has 0 aliphatic carbocycles. The molecule has 0 aliphatic heterocycles. The maximum Gasteiger partial charge on any atom is 2.00 e. The van der Waals surface area contributed by atoms with E-state index in [-0.39, 0.29) is 57.2 Å². The Hall–Kier alpha value is -0.677. The number of rotatable bonds is 2. The molecule has 0 unspecified atom stereocenters. The van der Waals surface area contributed by atoms with Gasteiger partial charge in [0.2, 0.25) is 0 Å². The van der Waals surface area contributed by atoms with Crippen molar-refractivity contribution in [3.05, 3.63) is 0 Å². The summed E-state index contributed by atoms with van der Waals surface area (Å²) in [6.45, 7) is -0.556. The van der Waals surface area contributed by atoms with Crippen LogP contribution in [0.15, 0.2) is 0 Å². The molecule has 0 radical (unpaired) electrons. The summed E-state index contributed by atoms with van der Waals surface area (Å²) in [5.74, 6) is -1.94. The molecule has 92 valence electrons. The maximum atomic E-state index is 9.24. The zero-order valence-corrected chi connectivity index (χ0v) is 13.0. The van der Waals surface area contributed by atoms with Crippen LogP contribution in [-0.2, 0) is 29.1 Å². The summed E-state index contributed by atoms with van der Waals surface area (Å²) in [5, 5.41) is 15.2. The third-order valence-electron chi connectivity index (χ3n) is 0.349. The van der Waals surface area contributed by atoms with E-state index in [1.54, 1.807) is 0 Å². The van der Waals surface area contributed by atoms with Crippen LogP contribution in [-0.4, -0.2) is 35.2 Å². The minimum Gasteiger partial charge on any atom is -0.480 e. The van der Waals surface area contributed by atoms with Crippen molar-refractivity contribution in [2.24, 2.45) is 11.5 Å². The van der Waals surface area contributed by atoms with Gasteiger partial charge in [0.05, 0.1) is 13.1 Å². The molecule has 0 aromatic heterocycles. The average Bonchev–Trinajstić information content (AvgIpc) is 1.89. The van der Waals surface area contributed by atoms with Gasteiger partial charge in [-0.15, -0.1) is 0 Å². The number of carbonyl (C=O) groups is 2. The predicted molar refractivity (Wildman–Crippen MR) is 57.3 cm³/mol. The number of nitrogens with two attached hydrogens (primary N) is 2. The second-order valence-electron chi connectivity index (χ2n) is 1.20. The van der Waals surface area contributed by atoms with Crippen LogP contribution in [0.3, 0.4) is 0 Å². The van der Waals surface area contributed by atoms with Crippen LogP contribution >= 0.6 is 0 Å². The standard InChI is InChI=1S/2C2H5NO2.4H3N.Zn/c2*3-1-2(4)5;;;;;/h2*1,3H2,(H,4,5);4*1H3;/q;;;;;;+2/p+4. The van der Waals surface area contributed by atoms with Crippen LogP contribution in [0.5, 0.6) is 0 Å². The van der Waals surface area contributed by atoms with Crippen LogP contribution in [0.4, 0.5) is 0 Å². The first-order valence-corrected chi connectivity index (χ1v) is 2.38. The van der Waals surface area contributed by atoms with Gasteiger partial charge in [-0.05, 0) is 0 Å². The maximum absolute atomic E-state index is 9.24. The molecule has 0 fully saturated rings. The zero-order chi connectivity index (χ0) is 8.57. The number of quaternary nitrogens is 4. The SMILES string of the molecule is NCC(=O)O.NCC(=O)O.[NH4+].[NH4+].[NH4+].[NH4+].[Zn+2]. The number of carboxylic acid groups (broad SMARTS) is 2. The van der Waals surface area contributed by atoms with E-state index in [1.807, 2.05) is 0 Å². The van der Waals surface area contributed by atoms with Crippen molar-refractivity contribution >= 4 is 11.9 Å². The summed E-state index contributed by atoms with van der Waals surface area (Å²) in [6.07, 6.45) is 0. The minimum atomic E-state index is -0.968. The van der Waals surface area contributed by atoms with Crippen LogP contribution < -0.4 is 36.1 Å². The Labute approximate surface area is 101 Å². The summed E-state index contributed by atoms with van der Waals surface area (Å²) >= 11 is 0. The first kappa shape index (κ1) is 47.4. The van der Waals surface area contributed by atoms with Gasteiger partial charge < -0.3 is 46.3 Å². The van der Waals surface area contributed by atoms with Crippen molar-refractivity contribution in [2.75, 3.05) is 13.1 Å². The Bertz CT molecular complexity index is 112. The molecule has 15 heavy (non-hydrogen) atoms. The molecule has 0 bridgehead atoms. The fourth-order valence-corrected chi connectivity index (χ4v) is 0. The molecule has 0 amide bonds. The van der Waals surface area contributed by atoms with Gasteiger partial charge in [0, 0.05) is 0 Å². The molecular weight excluding hydrogens is 261 g/mol. The second kappa shape index (κ2) is 37.7. The molecule has 0 saturated heterocycles. The third-order valence-corrected chi connectivity index (χ3v) is 0.349. The van der Waals surface area contributed by atoms with Crippen LogP contribution in [0, 0.1) is 0 Å². The average molecular weight is 288 g/mol. The molecule has 22 N–H and O–H groups in total. The molecule has 11 heteroatoms. The third kappa shape index (κ3) is 155. The smallest absolute Gasteiger partial charge is 0.480 e. The van der Waals surface area contributed by atoms with Crippen LogP contribution in [0.2, 0.25) is 0 Å². The number of hydrogen-bond donors (Lipinski definition) is 8. The van der Waals surface area contributed by atoms with Crippen molar-refractivity contribution in [2.45, 2.75) is 0 Å². The zero-order valence-electron chi connectivity index (χ0n) is 9.99. The van der Waals surface area contributed by atoms with E-state index >= 15 is 0 Å². The van der Waals surface area contributed by atoms with Crippen molar-refractivity contribution < 1.29 is 39.3 Å². The van der Waals surface area contributed by atoms with Crippen LogP contribution in [0.1, 0.15) is 0 Å². The van der Waals surface area contributed by atoms with Gasteiger partial charge in [0.25, 0.3) is 0 Å². The topological polar surface area (TPSA) is 273 Å². The molecule has 0 heterocycles. The van der Waals surface area contributed by atoms with Crippen molar-refractivity contribution in [1.29, 1.82) is 0 Å². The van der Waals surface area contributed by atoms with Crippen molar-refractivity contribution in [3.63, 3.8) is 0 Å². The Morgan fingerprint density at radius 1 is 0.800 bits per heavy atom. The van der Waals surface area contributed by atoms with E-state index in [9.17, 15) is 9.59 Å². The van der Waals surface area contributed by atoms with Gasteiger partial charge in [0.15, 0.2) is 0 Å². The van der Waals surface area contributed by atoms with Gasteiger partial charge in [0.1, 0.15) is 0 Å². The Morgan fingerprint density at radius 2 is 0.867 bits per heavy atom. The summed E-state index contributed by atoms with van der Waals surface area (Å²) in [5.41, 5.74) is 9.14. The molecule has 0 saturated carbocycles.